The fourth-order valence-electron chi connectivity index (χ4n) is 2.34. The Labute approximate surface area is 109 Å². The van der Waals surface area contributed by atoms with Crippen LogP contribution in [0.25, 0.3) is 0 Å². The Hall–Kier alpha value is -1.75. The third-order valence-corrected chi connectivity index (χ3v) is 4.30. The van der Waals surface area contributed by atoms with Crippen LogP contribution in [0.5, 0.6) is 0 Å². The Morgan fingerprint density at radius 1 is 1.50 bits per heavy atom. The van der Waals surface area contributed by atoms with E-state index in [9.17, 15) is 4.79 Å². The maximum atomic E-state index is 12.2. The van der Waals surface area contributed by atoms with Crippen molar-refractivity contribution >= 4 is 22.2 Å². The Bertz CT molecular complexity index is 572. The van der Waals surface area contributed by atoms with Gasteiger partial charge in [-0.3, -0.25) is 4.79 Å². The second-order valence-corrected chi connectivity index (χ2v) is 5.50. The second-order valence-electron chi connectivity index (χ2n) is 4.36. The van der Waals surface area contributed by atoms with Gasteiger partial charge in [0, 0.05) is 4.88 Å². The zero-order valence-electron chi connectivity index (χ0n) is 9.86. The van der Waals surface area contributed by atoms with Gasteiger partial charge >= 0.3 is 0 Å². The summed E-state index contributed by atoms with van der Waals surface area (Å²) in [7, 11) is 0. The highest BCUT2D eigenvalue weighted by atomic mass is 32.1. The SMILES string of the molecule is Nc1sc2c(c1C(=O)NCc1ccco1)CCC2. The van der Waals surface area contributed by atoms with E-state index in [1.165, 1.54) is 4.88 Å². The molecule has 3 rings (SSSR count). The Balaban J connectivity index is 1.76. The highest BCUT2D eigenvalue weighted by Gasteiger charge is 2.25. The summed E-state index contributed by atoms with van der Waals surface area (Å²) in [5.41, 5.74) is 7.76. The minimum Gasteiger partial charge on any atom is -0.467 e. The van der Waals surface area contributed by atoms with Gasteiger partial charge in [0.15, 0.2) is 0 Å². The molecule has 4 nitrogen and oxygen atoms in total. The number of nitrogen functional groups attached to an aromatic ring is 1. The van der Waals surface area contributed by atoms with E-state index in [0.717, 1.165) is 30.6 Å². The van der Waals surface area contributed by atoms with Crippen molar-refractivity contribution in [1.82, 2.24) is 5.32 Å². The molecule has 0 spiro atoms. The molecule has 0 aliphatic heterocycles. The van der Waals surface area contributed by atoms with Crippen LogP contribution in [0.15, 0.2) is 22.8 Å². The van der Waals surface area contributed by atoms with E-state index in [0.29, 0.717) is 17.1 Å². The molecule has 2 aromatic rings. The largest absolute Gasteiger partial charge is 0.467 e. The Morgan fingerprint density at radius 3 is 3.17 bits per heavy atom. The maximum absolute atomic E-state index is 12.2. The van der Waals surface area contributed by atoms with Gasteiger partial charge in [-0.25, -0.2) is 0 Å². The quantitative estimate of drug-likeness (QED) is 0.892. The summed E-state index contributed by atoms with van der Waals surface area (Å²) in [6.45, 7) is 0.399. The molecule has 0 radical (unpaired) electrons. The van der Waals surface area contributed by atoms with Gasteiger partial charge in [0.2, 0.25) is 0 Å². The summed E-state index contributed by atoms with van der Waals surface area (Å²) in [5, 5.41) is 3.49. The third kappa shape index (κ3) is 1.90. The normalized spacial score (nSPS) is 13.6. The van der Waals surface area contributed by atoms with Gasteiger partial charge in [0.05, 0.1) is 23.4 Å². The van der Waals surface area contributed by atoms with Crippen LogP contribution in [0.2, 0.25) is 0 Å². The number of amides is 1. The van der Waals surface area contributed by atoms with Gasteiger partial charge in [0.25, 0.3) is 5.91 Å². The van der Waals surface area contributed by atoms with Crippen molar-refractivity contribution in [2.75, 3.05) is 5.73 Å². The topological polar surface area (TPSA) is 68.3 Å². The van der Waals surface area contributed by atoms with Crippen LogP contribution in [-0.4, -0.2) is 5.91 Å². The van der Waals surface area contributed by atoms with Crippen molar-refractivity contribution in [3.63, 3.8) is 0 Å². The molecule has 0 fully saturated rings. The van der Waals surface area contributed by atoms with Crippen LogP contribution >= 0.6 is 11.3 Å². The van der Waals surface area contributed by atoms with Crippen LogP contribution in [-0.2, 0) is 19.4 Å². The fraction of sp³-hybridized carbons (Fsp3) is 0.308. The van der Waals surface area contributed by atoms with E-state index in [1.54, 1.807) is 23.7 Å². The zero-order chi connectivity index (χ0) is 12.5. The first-order valence-electron chi connectivity index (χ1n) is 5.96. The van der Waals surface area contributed by atoms with E-state index in [-0.39, 0.29) is 5.91 Å². The van der Waals surface area contributed by atoms with Gasteiger partial charge in [-0.15, -0.1) is 11.3 Å². The molecule has 2 heterocycles. The molecule has 0 saturated carbocycles. The molecule has 18 heavy (non-hydrogen) atoms. The number of aryl methyl sites for hydroxylation is 1. The number of hydrogen-bond acceptors (Lipinski definition) is 4. The monoisotopic (exact) mass is 262 g/mol. The lowest BCUT2D eigenvalue weighted by Crippen LogP contribution is -2.23. The molecule has 0 saturated heterocycles. The average Bonchev–Trinajstić information content (AvgIpc) is 3.01. The van der Waals surface area contributed by atoms with Crippen molar-refractivity contribution < 1.29 is 9.21 Å². The molecule has 1 aliphatic rings. The molecule has 1 amide bonds. The number of fused-ring (bicyclic) bond motifs is 1. The predicted molar refractivity (Wildman–Crippen MR) is 70.6 cm³/mol. The number of nitrogens with two attached hydrogens (primary N) is 1. The Kier molecular flexibility index (Phi) is 2.83. The second kappa shape index (κ2) is 4.49. The summed E-state index contributed by atoms with van der Waals surface area (Å²) >= 11 is 1.55. The van der Waals surface area contributed by atoms with Crippen molar-refractivity contribution in [1.29, 1.82) is 0 Å². The number of furan rings is 1. The lowest BCUT2D eigenvalue weighted by Gasteiger charge is -2.04. The van der Waals surface area contributed by atoms with E-state index >= 15 is 0 Å². The number of hydrogen-bond donors (Lipinski definition) is 2. The highest BCUT2D eigenvalue weighted by molar-refractivity contribution is 7.16. The van der Waals surface area contributed by atoms with Crippen LogP contribution in [0.1, 0.15) is 33.0 Å². The van der Waals surface area contributed by atoms with Crippen LogP contribution in [0.3, 0.4) is 0 Å². The van der Waals surface area contributed by atoms with Gasteiger partial charge in [-0.2, -0.15) is 0 Å². The number of thiophene rings is 1. The number of carbonyl (C=O) groups excluding carboxylic acids is 1. The molecular weight excluding hydrogens is 248 g/mol. The smallest absolute Gasteiger partial charge is 0.254 e. The summed E-state index contributed by atoms with van der Waals surface area (Å²) in [5.74, 6) is 0.650. The van der Waals surface area contributed by atoms with E-state index in [2.05, 4.69) is 5.32 Å². The van der Waals surface area contributed by atoms with Crippen molar-refractivity contribution in [2.45, 2.75) is 25.8 Å². The number of rotatable bonds is 3. The molecule has 0 unspecified atom stereocenters. The Morgan fingerprint density at radius 2 is 2.39 bits per heavy atom. The van der Waals surface area contributed by atoms with Crippen molar-refractivity contribution in [3.8, 4) is 0 Å². The number of anilines is 1. The molecule has 2 aromatic heterocycles. The van der Waals surface area contributed by atoms with Crippen molar-refractivity contribution in [3.05, 3.63) is 40.2 Å². The van der Waals surface area contributed by atoms with Gasteiger partial charge in [-0.1, -0.05) is 0 Å². The molecular formula is C13H14N2O2S. The van der Waals surface area contributed by atoms with Gasteiger partial charge in [-0.05, 0) is 37.0 Å². The molecule has 3 N–H and O–H groups in total. The average molecular weight is 262 g/mol. The summed E-state index contributed by atoms with van der Waals surface area (Å²) in [4.78, 5) is 13.4. The standard InChI is InChI=1S/C13H14N2O2S/c14-12-11(9-4-1-5-10(9)18-12)13(16)15-7-8-3-2-6-17-8/h2-3,6H,1,4-5,7,14H2,(H,15,16). The first-order valence-corrected chi connectivity index (χ1v) is 6.78. The number of nitrogens with one attached hydrogen (secondary N) is 1. The molecule has 0 bridgehead atoms. The lowest BCUT2D eigenvalue weighted by molar-refractivity contribution is 0.0948. The number of carbonyl (C=O) groups is 1. The molecule has 5 heteroatoms. The summed E-state index contributed by atoms with van der Waals surface area (Å²) < 4.78 is 5.18. The molecule has 1 aliphatic carbocycles. The third-order valence-electron chi connectivity index (χ3n) is 3.18. The van der Waals surface area contributed by atoms with E-state index in [4.69, 9.17) is 10.2 Å². The molecule has 0 aromatic carbocycles. The maximum Gasteiger partial charge on any atom is 0.254 e. The van der Waals surface area contributed by atoms with Crippen molar-refractivity contribution in [2.24, 2.45) is 0 Å². The van der Waals surface area contributed by atoms with Gasteiger partial charge < -0.3 is 15.5 Å². The van der Waals surface area contributed by atoms with Crippen LogP contribution < -0.4 is 11.1 Å². The molecule has 0 atom stereocenters. The molecule has 94 valence electrons. The predicted octanol–water partition coefficient (Wildman–Crippen LogP) is 2.34. The summed E-state index contributed by atoms with van der Waals surface area (Å²) in [6, 6.07) is 3.64. The van der Waals surface area contributed by atoms with Gasteiger partial charge in [0.1, 0.15) is 5.76 Å². The lowest BCUT2D eigenvalue weighted by atomic mass is 10.1. The van der Waals surface area contributed by atoms with E-state index in [1.807, 2.05) is 6.07 Å². The first kappa shape index (κ1) is 11.3. The fourth-order valence-corrected chi connectivity index (χ4v) is 3.50. The minimum absolute atomic E-state index is 0.0942. The summed E-state index contributed by atoms with van der Waals surface area (Å²) in [6.07, 6.45) is 4.74. The zero-order valence-corrected chi connectivity index (χ0v) is 10.7. The van der Waals surface area contributed by atoms with Crippen LogP contribution in [0, 0.1) is 0 Å². The van der Waals surface area contributed by atoms with E-state index < -0.39 is 0 Å². The first-order chi connectivity index (χ1) is 8.75. The van der Waals surface area contributed by atoms with Crippen LogP contribution in [0.4, 0.5) is 5.00 Å². The minimum atomic E-state index is -0.0942. The highest BCUT2D eigenvalue weighted by Crippen LogP contribution is 2.37.